The van der Waals surface area contributed by atoms with E-state index in [-0.39, 0.29) is 11.8 Å². The lowest BCUT2D eigenvalue weighted by molar-refractivity contribution is 0.0702. The number of para-hydroxylation sites is 1. The fourth-order valence-corrected chi connectivity index (χ4v) is 3.68. The van der Waals surface area contributed by atoms with Crippen molar-refractivity contribution in [3.05, 3.63) is 41.9 Å². The maximum atomic E-state index is 13.2. The van der Waals surface area contributed by atoms with Gasteiger partial charge in [-0.15, -0.1) is 0 Å². The number of benzene rings is 1. The van der Waals surface area contributed by atoms with Gasteiger partial charge in [-0.2, -0.15) is 5.10 Å². The quantitative estimate of drug-likeness (QED) is 0.761. The largest absolute Gasteiger partial charge is 0.493 e. The molecule has 8 heteroatoms. The topological polar surface area (TPSA) is 93.2 Å². The first kappa shape index (κ1) is 17.3. The number of carbonyl (C=O) groups is 1. The summed E-state index contributed by atoms with van der Waals surface area (Å²) in [6.45, 7) is 1.29. The van der Waals surface area contributed by atoms with Crippen molar-refractivity contribution in [2.75, 3.05) is 27.3 Å². The zero-order valence-electron chi connectivity index (χ0n) is 15.3. The molecule has 0 spiro atoms. The van der Waals surface area contributed by atoms with Gasteiger partial charge in [0.25, 0.3) is 5.91 Å². The molecule has 1 aromatic carbocycles. The minimum atomic E-state index is -0.0645. The van der Waals surface area contributed by atoms with Gasteiger partial charge in [-0.1, -0.05) is 6.07 Å². The maximum Gasteiger partial charge on any atom is 0.257 e. The van der Waals surface area contributed by atoms with Gasteiger partial charge in [0.05, 0.1) is 25.5 Å². The Morgan fingerprint density at radius 1 is 1.22 bits per heavy atom. The van der Waals surface area contributed by atoms with Gasteiger partial charge in [-0.25, -0.2) is 9.97 Å². The number of likely N-dealkylation sites (tertiary alicyclic amines) is 1. The monoisotopic (exact) mass is 367 g/mol. The fraction of sp³-hybridized carbons (Fsp3) is 0.368. The molecule has 1 fully saturated rings. The number of piperidine rings is 1. The summed E-state index contributed by atoms with van der Waals surface area (Å²) in [4.78, 5) is 23.6. The maximum absolute atomic E-state index is 13.2. The van der Waals surface area contributed by atoms with E-state index in [1.165, 1.54) is 0 Å². The van der Waals surface area contributed by atoms with Gasteiger partial charge in [0.1, 0.15) is 5.52 Å². The number of fused-ring (bicyclic) bond motifs is 1. The molecule has 8 nitrogen and oxygen atoms in total. The second-order valence-corrected chi connectivity index (χ2v) is 6.50. The first-order chi connectivity index (χ1) is 13.2. The van der Waals surface area contributed by atoms with Crippen LogP contribution in [-0.4, -0.2) is 58.3 Å². The van der Waals surface area contributed by atoms with Gasteiger partial charge in [-0.05, 0) is 25.0 Å². The molecular weight excluding hydrogens is 346 g/mol. The number of carbonyl (C=O) groups excluding carboxylic acids is 1. The minimum absolute atomic E-state index is 0.0645. The van der Waals surface area contributed by atoms with Gasteiger partial charge in [0.15, 0.2) is 17.1 Å². The molecule has 0 bridgehead atoms. The summed E-state index contributed by atoms with van der Waals surface area (Å²) in [5.74, 6) is 1.09. The third-order valence-corrected chi connectivity index (χ3v) is 4.97. The van der Waals surface area contributed by atoms with Crippen LogP contribution < -0.4 is 9.47 Å². The predicted octanol–water partition coefficient (Wildman–Crippen LogP) is 2.39. The molecule has 3 aromatic rings. The number of amides is 1. The molecule has 27 heavy (non-hydrogen) atoms. The van der Waals surface area contributed by atoms with Gasteiger partial charge in [-0.3, -0.25) is 9.89 Å². The number of H-pyrrole nitrogens is 1. The lowest BCUT2D eigenvalue weighted by Gasteiger charge is -2.32. The molecule has 0 radical (unpaired) electrons. The summed E-state index contributed by atoms with van der Waals surface area (Å²) in [7, 11) is 3.11. The summed E-state index contributed by atoms with van der Waals surface area (Å²) in [5.41, 5.74) is 2.82. The molecule has 1 saturated heterocycles. The highest BCUT2D eigenvalue weighted by Crippen LogP contribution is 2.34. The fourth-order valence-electron chi connectivity index (χ4n) is 3.68. The Morgan fingerprint density at radius 2 is 2.07 bits per heavy atom. The van der Waals surface area contributed by atoms with Crippen molar-refractivity contribution in [2.24, 2.45) is 0 Å². The molecule has 1 amide bonds. The van der Waals surface area contributed by atoms with E-state index >= 15 is 0 Å². The summed E-state index contributed by atoms with van der Waals surface area (Å²) in [6.07, 6.45) is 5.16. The molecule has 2 aromatic heterocycles. The van der Waals surface area contributed by atoms with Crippen LogP contribution in [0.4, 0.5) is 0 Å². The van der Waals surface area contributed by atoms with E-state index < -0.39 is 0 Å². The second kappa shape index (κ2) is 7.22. The first-order valence-electron chi connectivity index (χ1n) is 8.88. The van der Waals surface area contributed by atoms with Crippen molar-refractivity contribution < 1.29 is 14.3 Å². The van der Waals surface area contributed by atoms with Crippen LogP contribution in [0.2, 0.25) is 0 Å². The van der Waals surface area contributed by atoms with Crippen LogP contribution in [0, 0.1) is 0 Å². The number of methoxy groups -OCH3 is 2. The average Bonchev–Trinajstić information content (AvgIpc) is 3.16. The molecular formula is C19H21N5O3. The van der Waals surface area contributed by atoms with Crippen LogP contribution in [0.1, 0.15) is 34.8 Å². The van der Waals surface area contributed by atoms with Crippen molar-refractivity contribution >= 4 is 17.1 Å². The lowest BCUT2D eigenvalue weighted by Crippen LogP contribution is -2.39. The molecule has 1 atom stereocenters. The molecule has 0 unspecified atom stereocenters. The van der Waals surface area contributed by atoms with Crippen LogP contribution in [0.3, 0.4) is 0 Å². The SMILES string of the molecule is COc1cccc(C(=O)N2CCC[C@@H](c3[nH]nc4nccnc34)C2)c1OC. The van der Waals surface area contributed by atoms with Crippen LogP contribution >= 0.6 is 0 Å². The van der Waals surface area contributed by atoms with E-state index in [0.717, 1.165) is 24.1 Å². The van der Waals surface area contributed by atoms with Gasteiger partial charge in [0.2, 0.25) is 0 Å². The van der Waals surface area contributed by atoms with E-state index in [2.05, 4.69) is 20.2 Å². The highest BCUT2D eigenvalue weighted by molar-refractivity contribution is 5.98. The Hall–Kier alpha value is -3.16. The van der Waals surface area contributed by atoms with E-state index in [1.807, 2.05) is 4.90 Å². The van der Waals surface area contributed by atoms with Crippen molar-refractivity contribution in [1.29, 1.82) is 0 Å². The van der Waals surface area contributed by atoms with Gasteiger partial charge in [0, 0.05) is 31.4 Å². The zero-order valence-corrected chi connectivity index (χ0v) is 15.3. The number of rotatable bonds is 4. The van der Waals surface area contributed by atoms with E-state index in [9.17, 15) is 4.79 Å². The highest BCUT2D eigenvalue weighted by Gasteiger charge is 2.30. The number of nitrogens with zero attached hydrogens (tertiary/aromatic N) is 4. The number of hydrogen-bond acceptors (Lipinski definition) is 6. The number of aromatic nitrogens is 4. The van der Waals surface area contributed by atoms with E-state index in [0.29, 0.717) is 35.8 Å². The van der Waals surface area contributed by atoms with Gasteiger partial charge < -0.3 is 14.4 Å². The molecule has 1 aliphatic heterocycles. The second-order valence-electron chi connectivity index (χ2n) is 6.50. The van der Waals surface area contributed by atoms with Crippen molar-refractivity contribution in [3.8, 4) is 11.5 Å². The number of nitrogens with one attached hydrogen (secondary N) is 1. The van der Waals surface area contributed by atoms with Crippen LogP contribution in [-0.2, 0) is 0 Å². The zero-order chi connectivity index (χ0) is 18.8. The summed E-state index contributed by atoms with van der Waals surface area (Å²) in [6, 6.07) is 5.35. The number of aromatic amines is 1. The smallest absolute Gasteiger partial charge is 0.257 e. The Bertz CT molecular complexity index is 971. The van der Waals surface area contributed by atoms with Crippen LogP contribution in [0.25, 0.3) is 11.2 Å². The van der Waals surface area contributed by atoms with Crippen molar-refractivity contribution in [3.63, 3.8) is 0 Å². The van der Waals surface area contributed by atoms with E-state index in [4.69, 9.17) is 9.47 Å². The highest BCUT2D eigenvalue weighted by atomic mass is 16.5. The standard InChI is InChI=1S/C19H21N5O3/c1-26-14-7-3-6-13(17(14)27-2)19(25)24-10-4-5-12(11-24)15-16-18(23-22-15)21-9-8-20-16/h3,6-9,12H,4-5,10-11H2,1-2H3,(H,21,22,23)/t12-/m1/s1. The molecule has 1 aliphatic rings. The first-order valence-corrected chi connectivity index (χ1v) is 8.88. The Morgan fingerprint density at radius 3 is 2.89 bits per heavy atom. The predicted molar refractivity (Wildman–Crippen MR) is 99.1 cm³/mol. The number of ether oxygens (including phenoxy) is 2. The van der Waals surface area contributed by atoms with Crippen molar-refractivity contribution in [2.45, 2.75) is 18.8 Å². The Kier molecular flexibility index (Phi) is 4.62. The summed E-state index contributed by atoms with van der Waals surface area (Å²) in [5, 5.41) is 7.30. The minimum Gasteiger partial charge on any atom is -0.493 e. The summed E-state index contributed by atoms with van der Waals surface area (Å²) >= 11 is 0. The third-order valence-electron chi connectivity index (χ3n) is 4.97. The summed E-state index contributed by atoms with van der Waals surface area (Å²) < 4.78 is 10.7. The Balaban J connectivity index is 1.61. The molecule has 0 saturated carbocycles. The lowest BCUT2D eigenvalue weighted by atomic mass is 9.93. The van der Waals surface area contributed by atoms with E-state index in [1.54, 1.807) is 44.8 Å². The molecule has 3 heterocycles. The third kappa shape index (κ3) is 3.07. The normalized spacial score (nSPS) is 17.1. The van der Waals surface area contributed by atoms with Crippen molar-refractivity contribution in [1.82, 2.24) is 25.1 Å². The molecule has 1 N–H and O–H groups in total. The molecule has 0 aliphatic carbocycles. The molecule has 140 valence electrons. The van der Waals surface area contributed by atoms with Gasteiger partial charge >= 0.3 is 0 Å². The van der Waals surface area contributed by atoms with Crippen LogP contribution in [0.15, 0.2) is 30.6 Å². The van der Waals surface area contributed by atoms with Crippen LogP contribution in [0.5, 0.6) is 11.5 Å². The molecule has 4 rings (SSSR count). The number of hydrogen-bond donors (Lipinski definition) is 1. The average molecular weight is 367 g/mol. The Labute approximate surface area is 156 Å².